The normalized spacial score (nSPS) is 9.84. The van der Waals surface area contributed by atoms with Gasteiger partial charge in [-0.25, -0.2) is 9.59 Å². The molecule has 0 aromatic heterocycles. The number of likely N-dealkylation sites (N-methyl/N-ethyl adjacent to an activating group) is 1. The maximum Gasteiger partial charge on any atom is 0.337 e. The van der Waals surface area contributed by atoms with E-state index in [0.29, 0.717) is 11.6 Å². The molecule has 2 N–H and O–H groups in total. The van der Waals surface area contributed by atoms with E-state index >= 15 is 0 Å². The summed E-state index contributed by atoms with van der Waals surface area (Å²) in [5.74, 6) is -1.15. The standard InChI is InChI=1S/C13H15ClN2O3/c1-8(2)7-16(3)13(19)15-11-5-4-9(14)6-10(11)12(17)18/h4-6H,1,7H2,2-3H3,(H,15,19)(H,17,18). The Kier molecular flexibility index (Phi) is 4.94. The van der Waals surface area contributed by atoms with Crippen molar-refractivity contribution in [3.8, 4) is 0 Å². The van der Waals surface area contributed by atoms with Gasteiger partial charge in [0.1, 0.15) is 0 Å². The van der Waals surface area contributed by atoms with E-state index in [4.69, 9.17) is 16.7 Å². The molecule has 0 aliphatic heterocycles. The first-order valence-electron chi connectivity index (χ1n) is 5.50. The summed E-state index contributed by atoms with van der Waals surface area (Å²) in [6.07, 6.45) is 0. The van der Waals surface area contributed by atoms with Crippen molar-refractivity contribution in [2.45, 2.75) is 6.92 Å². The van der Waals surface area contributed by atoms with E-state index in [1.54, 1.807) is 14.0 Å². The number of hydrogen-bond acceptors (Lipinski definition) is 2. The molecule has 0 radical (unpaired) electrons. The monoisotopic (exact) mass is 282 g/mol. The lowest BCUT2D eigenvalue weighted by Gasteiger charge is -2.18. The van der Waals surface area contributed by atoms with Crippen LogP contribution in [0, 0.1) is 0 Å². The number of aromatic carboxylic acids is 1. The molecular formula is C13H15ClN2O3. The van der Waals surface area contributed by atoms with Crippen LogP contribution in [0.1, 0.15) is 17.3 Å². The molecule has 0 saturated carbocycles. The smallest absolute Gasteiger partial charge is 0.337 e. The van der Waals surface area contributed by atoms with Crippen molar-refractivity contribution in [3.63, 3.8) is 0 Å². The first kappa shape index (κ1) is 15.0. The van der Waals surface area contributed by atoms with Gasteiger partial charge in [0.2, 0.25) is 0 Å². The Morgan fingerprint density at radius 2 is 2.11 bits per heavy atom. The Morgan fingerprint density at radius 1 is 1.47 bits per heavy atom. The van der Waals surface area contributed by atoms with Crippen LogP contribution in [0.4, 0.5) is 10.5 Å². The van der Waals surface area contributed by atoms with Crippen molar-refractivity contribution in [2.24, 2.45) is 0 Å². The Labute approximate surface area is 116 Å². The average molecular weight is 283 g/mol. The van der Waals surface area contributed by atoms with E-state index in [0.717, 1.165) is 5.57 Å². The van der Waals surface area contributed by atoms with Crippen molar-refractivity contribution >= 4 is 29.3 Å². The van der Waals surface area contributed by atoms with E-state index < -0.39 is 12.0 Å². The van der Waals surface area contributed by atoms with Crippen LogP contribution in [0.15, 0.2) is 30.4 Å². The molecule has 0 aliphatic rings. The fourth-order valence-electron chi connectivity index (χ4n) is 1.49. The molecule has 19 heavy (non-hydrogen) atoms. The van der Waals surface area contributed by atoms with E-state index in [2.05, 4.69) is 11.9 Å². The van der Waals surface area contributed by atoms with Crippen molar-refractivity contribution in [2.75, 3.05) is 18.9 Å². The summed E-state index contributed by atoms with van der Waals surface area (Å²) in [6.45, 7) is 5.90. The zero-order chi connectivity index (χ0) is 14.6. The third kappa shape index (κ3) is 4.30. The fraction of sp³-hybridized carbons (Fsp3) is 0.231. The van der Waals surface area contributed by atoms with Gasteiger partial charge >= 0.3 is 12.0 Å². The van der Waals surface area contributed by atoms with Crippen LogP contribution < -0.4 is 5.32 Å². The van der Waals surface area contributed by atoms with Crippen LogP contribution in [0.25, 0.3) is 0 Å². The van der Waals surface area contributed by atoms with Gasteiger partial charge in [-0.3, -0.25) is 0 Å². The SMILES string of the molecule is C=C(C)CN(C)C(=O)Nc1ccc(Cl)cc1C(=O)O. The summed E-state index contributed by atoms with van der Waals surface area (Å²) in [6, 6.07) is 3.85. The quantitative estimate of drug-likeness (QED) is 0.834. The number of anilines is 1. The third-order valence-corrected chi connectivity index (χ3v) is 2.54. The van der Waals surface area contributed by atoms with Crippen molar-refractivity contribution in [1.29, 1.82) is 0 Å². The second-order valence-corrected chi connectivity index (χ2v) is 4.67. The van der Waals surface area contributed by atoms with E-state index in [9.17, 15) is 9.59 Å². The lowest BCUT2D eigenvalue weighted by molar-refractivity contribution is 0.0698. The van der Waals surface area contributed by atoms with Crippen LogP contribution in [-0.4, -0.2) is 35.6 Å². The Balaban J connectivity index is 2.90. The lowest BCUT2D eigenvalue weighted by Crippen LogP contribution is -2.32. The minimum absolute atomic E-state index is 0.0513. The highest BCUT2D eigenvalue weighted by Crippen LogP contribution is 2.21. The van der Waals surface area contributed by atoms with Crippen LogP contribution >= 0.6 is 11.6 Å². The van der Waals surface area contributed by atoms with E-state index in [1.165, 1.54) is 23.1 Å². The van der Waals surface area contributed by atoms with Crippen LogP contribution in [0.3, 0.4) is 0 Å². The van der Waals surface area contributed by atoms with E-state index in [1.807, 2.05) is 0 Å². The highest BCUT2D eigenvalue weighted by Gasteiger charge is 2.15. The number of amides is 2. The third-order valence-electron chi connectivity index (χ3n) is 2.31. The summed E-state index contributed by atoms with van der Waals surface area (Å²) < 4.78 is 0. The molecule has 5 nitrogen and oxygen atoms in total. The second kappa shape index (κ2) is 6.24. The molecule has 1 rings (SSSR count). The summed E-state index contributed by atoms with van der Waals surface area (Å²) in [4.78, 5) is 24.3. The Morgan fingerprint density at radius 3 is 2.63 bits per heavy atom. The van der Waals surface area contributed by atoms with Crippen LogP contribution in [-0.2, 0) is 0 Å². The van der Waals surface area contributed by atoms with Crippen molar-refractivity contribution in [3.05, 3.63) is 40.9 Å². The molecule has 0 atom stereocenters. The maximum absolute atomic E-state index is 11.9. The van der Waals surface area contributed by atoms with Gasteiger partial charge in [-0.05, 0) is 25.1 Å². The molecule has 0 fully saturated rings. The summed E-state index contributed by atoms with van der Waals surface area (Å²) in [5, 5.41) is 11.9. The number of hydrogen-bond donors (Lipinski definition) is 2. The molecule has 1 aromatic carbocycles. The van der Waals surface area contributed by atoms with E-state index in [-0.39, 0.29) is 11.3 Å². The largest absolute Gasteiger partial charge is 0.478 e. The second-order valence-electron chi connectivity index (χ2n) is 4.24. The zero-order valence-corrected chi connectivity index (χ0v) is 11.5. The number of urea groups is 1. The Bertz CT molecular complexity index is 529. The number of nitrogens with one attached hydrogen (secondary N) is 1. The molecule has 2 amide bonds. The number of carboxylic acids is 1. The van der Waals surface area contributed by atoms with Gasteiger partial charge in [0.05, 0.1) is 11.3 Å². The number of nitrogens with zero attached hydrogens (tertiary/aromatic N) is 1. The topological polar surface area (TPSA) is 69.6 Å². The first-order chi connectivity index (χ1) is 8.81. The summed E-state index contributed by atoms with van der Waals surface area (Å²) >= 11 is 5.73. The van der Waals surface area contributed by atoms with Gasteiger partial charge in [-0.1, -0.05) is 23.8 Å². The molecular weight excluding hydrogens is 268 g/mol. The highest BCUT2D eigenvalue weighted by atomic mass is 35.5. The van der Waals surface area contributed by atoms with Gasteiger partial charge in [0, 0.05) is 18.6 Å². The molecule has 0 heterocycles. The molecule has 0 aliphatic carbocycles. The molecule has 6 heteroatoms. The molecule has 0 spiro atoms. The summed E-state index contributed by atoms with van der Waals surface area (Å²) in [7, 11) is 1.60. The average Bonchev–Trinajstić information content (AvgIpc) is 2.30. The van der Waals surface area contributed by atoms with Gasteiger partial charge in [-0.2, -0.15) is 0 Å². The number of carboxylic acid groups (broad SMARTS) is 1. The van der Waals surface area contributed by atoms with Gasteiger partial charge in [0.15, 0.2) is 0 Å². The minimum Gasteiger partial charge on any atom is -0.478 e. The van der Waals surface area contributed by atoms with Crippen LogP contribution in [0.5, 0.6) is 0 Å². The maximum atomic E-state index is 11.9. The molecule has 0 bridgehead atoms. The molecule has 1 aromatic rings. The molecule has 0 saturated heterocycles. The first-order valence-corrected chi connectivity index (χ1v) is 5.88. The number of halogens is 1. The Hall–Kier alpha value is -2.01. The number of carbonyl (C=O) groups excluding carboxylic acids is 1. The summed E-state index contributed by atoms with van der Waals surface area (Å²) in [5.41, 5.74) is 0.979. The van der Waals surface area contributed by atoms with Crippen molar-refractivity contribution < 1.29 is 14.7 Å². The van der Waals surface area contributed by atoms with Gasteiger partial charge < -0.3 is 15.3 Å². The minimum atomic E-state index is -1.15. The number of rotatable bonds is 4. The number of benzene rings is 1. The highest BCUT2D eigenvalue weighted by molar-refractivity contribution is 6.31. The number of carbonyl (C=O) groups is 2. The predicted molar refractivity (Wildman–Crippen MR) is 74.9 cm³/mol. The lowest BCUT2D eigenvalue weighted by atomic mass is 10.2. The van der Waals surface area contributed by atoms with Gasteiger partial charge in [0.25, 0.3) is 0 Å². The van der Waals surface area contributed by atoms with Crippen molar-refractivity contribution in [1.82, 2.24) is 4.90 Å². The fourth-order valence-corrected chi connectivity index (χ4v) is 1.66. The van der Waals surface area contributed by atoms with Crippen LogP contribution in [0.2, 0.25) is 5.02 Å². The molecule has 0 unspecified atom stereocenters. The van der Waals surface area contributed by atoms with Gasteiger partial charge in [-0.15, -0.1) is 0 Å². The molecule has 102 valence electrons. The predicted octanol–water partition coefficient (Wildman–Crippen LogP) is 3.08. The zero-order valence-electron chi connectivity index (χ0n) is 10.7.